The van der Waals surface area contributed by atoms with Gasteiger partial charge in [0.15, 0.2) is 6.10 Å². The third kappa shape index (κ3) is 5.72. The van der Waals surface area contributed by atoms with Gasteiger partial charge in [-0.15, -0.1) is 0 Å². The number of carbonyl (C=O) groups excluding carboxylic acids is 2. The lowest BCUT2D eigenvalue weighted by atomic mass is 10.1. The summed E-state index contributed by atoms with van der Waals surface area (Å²) in [6.07, 6.45) is -0.685. The van der Waals surface area contributed by atoms with E-state index >= 15 is 0 Å². The molecule has 0 unspecified atom stereocenters. The molecule has 0 heterocycles. The molecule has 5 nitrogen and oxygen atoms in total. The number of hydrogen-bond acceptors (Lipinski definition) is 3. The Kier molecular flexibility index (Phi) is 6.75. The monoisotopic (exact) mass is 416 g/mol. The minimum atomic E-state index is -0.685. The third-order valence-electron chi connectivity index (χ3n) is 5.07. The molecule has 0 aliphatic carbocycles. The molecule has 3 rings (SSSR count). The molecule has 0 aromatic heterocycles. The van der Waals surface area contributed by atoms with Crippen LogP contribution in [0.2, 0.25) is 0 Å². The zero-order valence-electron chi connectivity index (χ0n) is 18.6. The maximum Gasteiger partial charge on any atom is 0.265 e. The van der Waals surface area contributed by atoms with Gasteiger partial charge in [-0.25, -0.2) is 0 Å². The molecule has 2 N–H and O–H groups in total. The minimum Gasteiger partial charge on any atom is -0.481 e. The van der Waals surface area contributed by atoms with Crippen molar-refractivity contribution in [3.8, 4) is 5.75 Å². The molecule has 1 atom stereocenters. The van der Waals surface area contributed by atoms with Crippen molar-refractivity contribution in [1.29, 1.82) is 0 Å². The first-order valence-corrected chi connectivity index (χ1v) is 10.3. The molecule has 0 saturated carbocycles. The van der Waals surface area contributed by atoms with Crippen LogP contribution in [0.3, 0.4) is 0 Å². The Bertz CT molecular complexity index is 1100. The van der Waals surface area contributed by atoms with Crippen LogP contribution in [-0.4, -0.2) is 17.9 Å². The molecule has 0 radical (unpaired) electrons. The number of nitrogens with one attached hydrogen (secondary N) is 2. The standard InChI is InChI=1S/C26H28N2O3/c1-16-6-12-23(18(3)14-16)27-25(29)20(5)31-22-10-8-21(9-11-22)26(30)28-24-13-7-17(2)15-19(24)4/h6-15,20H,1-5H3,(H,27,29)(H,28,30)/t20-/m0/s1. The van der Waals surface area contributed by atoms with Crippen LogP contribution in [0.15, 0.2) is 60.7 Å². The minimum absolute atomic E-state index is 0.195. The van der Waals surface area contributed by atoms with Gasteiger partial charge < -0.3 is 15.4 Å². The lowest BCUT2D eigenvalue weighted by molar-refractivity contribution is -0.122. The quantitative estimate of drug-likeness (QED) is 0.551. The molecule has 0 aliphatic rings. The number of benzene rings is 3. The molecule has 0 saturated heterocycles. The molecule has 160 valence electrons. The van der Waals surface area contributed by atoms with Crippen LogP contribution in [0.1, 0.15) is 39.5 Å². The number of ether oxygens (including phenoxy) is 1. The van der Waals surface area contributed by atoms with Crippen molar-refractivity contribution in [2.24, 2.45) is 0 Å². The number of hydrogen-bond donors (Lipinski definition) is 2. The van der Waals surface area contributed by atoms with Crippen molar-refractivity contribution >= 4 is 23.2 Å². The topological polar surface area (TPSA) is 67.4 Å². The van der Waals surface area contributed by atoms with E-state index in [1.54, 1.807) is 31.2 Å². The van der Waals surface area contributed by atoms with Gasteiger partial charge >= 0.3 is 0 Å². The zero-order chi connectivity index (χ0) is 22.5. The summed E-state index contributed by atoms with van der Waals surface area (Å²) in [5, 5.41) is 5.82. The summed E-state index contributed by atoms with van der Waals surface area (Å²) in [6, 6.07) is 18.5. The SMILES string of the molecule is Cc1ccc(NC(=O)c2ccc(O[C@@H](C)C(=O)Nc3ccc(C)cc3C)cc2)c(C)c1. The maximum atomic E-state index is 12.5. The predicted molar refractivity (Wildman–Crippen MR) is 125 cm³/mol. The van der Waals surface area contributed by atoms with Crippen molar-refractivity contribution in [2.75, 3.05) is 10.6 Å². The summed E-state index contributed by atoms with van der Waals surface area (Å²) >= 11 is 0. The molecule has 0 aliphatic heterocycles. The van der Waals surface area contributed by atoms with Crippen LogP contribution in [0.25, 0.3) is 0 Å². The fourth-order valence-corrected chi connectivity index (χ4v) is 3.28. The highest BCUT2D eigenvalue weighted by Crippen LogP contribution is 2.20. The average molecular weight is 417 g/mol. The van der Waals surface area contributed by atoms with E-state index in [-0.39, 0.29) is 11.8 Å². The van der Waals surface area contributed by atoms with E-state index in [4.69, 9.17) is 4.74 Å². The predicted octanol–water partition coefficient (Wildman–Crippen LogP) is 5.58. The second-order valence-corrected chi connectivity index (χ2v) is 7.86. The van der Waals surface area contributed by atoms with Crippen molar-refractivity contribution in [2.45, 2.75) is 40.7 Å². The van der Waals surface area contributed by atoms with E-state index < -0.39 is 6.10 Å². The van der Waals surface area contributed by atoms with Crippen LogP contribution < -0.4 is 15.4 Å². The van der Waals surface area contributed by atoms with Crippen molar-refractivity contribution in [3.63, 3.8) is 0 Å². The zero-order valence-corrected chi connectivity index (χ0v) is 18.6. The van der Waals surface area contributed by atoms with E-state index in [0.717, 1.165) is 33.6 Å². The summed E-state index contributed by atoms with van der Waals surface area (Å²) in [7, 11) is 0. The first-order valence-electron chi connectivity index (χ1n) is 10.3. The van der Waals surface area contributed by atoms with Crippen molar-refractivity contribution in [3.05, 3.63) is 88.5 Å². The van der Waals surface area contributed by atoms with Gasteiger partial charge in [-0.1, -0.05) is 35.4 Å². The molecule has 2 amide bonds. The number of anilines is 2. The number of rotatable bonds is 6. The van der Waals surface area contributed by atoms with Gasteiger partial charge in [0.25, 0.3) is 11.8 Å². The lowest BCUT2D eigenvalue weighted by Crippen LogP contribution is -2.30. The second-order valence-electron chi connectivity index (χ2n) is 7.86. The molecular formula is C26H28N2O3. The number of amides is 2. The fourth-order valence-electron chi connectivity index (χ4n) is 3.28. The molecular weight excluding hydrogens is 388 g/mol. The molecule has 3 aromatic carbocycles. The normalized spacial score (nSPS) is 11.5. The molecule has 0 fully saturated rings. The Balaban J connectivity index is 1.60. The second kappa shape index (κ2) is 9.47. The van der Waals surface area contributed by atoms with Crippen LogP contribution in [0.4, 0.5) is 11.4 Å². The van der Waals surface area contributed by atoms with Crippen molar-refractivity contribution in [1.82, 2.24) is 0 Å². The highest BCUT2D eigenvalue weighted by Gasteiger charge is 2.16. The summed E-state index contributed by atoms with van der Waals surface area (Å²) in [6.45, 7) is 9.64. The molecule has 31 heavy (non-hydrogen) atoms. The van der Waals surface area contributed by atoms with E-state index in [2.05, 4.69) is 10.6 Å². The Morgan fingerprint density at radius 1 is 0.742 bits per heavy atom. The van der Waals surface area contributed by atoms with E-state index in [1.165, 1.54) is 0 Å². The van der Waals surface area contributed by atoms with E-state index in [1.807, 2.05) is 64.1 Å². The van der Waals surface area contributed by atoms with Crippen LogP contribution in [-0.2, 0) is 4.79 Å². The Hall–Kier alpha value is -3.60. The van der Waals surface area contributed by atoms with E-state index in [0.29, 0.717) is 11.3 Å². The summed E-state index contributed by atoms with van der Waals surface area (Å²) < 4.78 is 5.75. The summed E-state index contributed by atoms with van der Waals surface area (Å²) in [4.78, 5) is 25.0. The molecule has 0 bridgehead atoms. The van der Waals surface area contributed by atoms with Gasteiger partial charge in [0.05, 0.1) is 0 Å². The lowest BCUT2D eigenvalue weighted by Gasteiger charge is -2.16. The van der Waals surface area contributed by atoms with Gasteiger partial charge in [-0.2, -0.15) is 0 Å². The van der Waals surface area contributed by atoms with Gasteiger partial charge in [-0.05, 0) is 82.1 Å². The molecule has 5 heteroatoms. The van der Waals surface area contributed by atoms with Gasteiger partial charge in [0.1, 0.15) is 5.75 Å². The number of aryl methyl sites for hydroxylation is 4. The van der Waals surface area contributed by atoms with Crippen LogP contribution in [0.5, 0.6) is 5.75 Å². The number of carbonyl (C=O) groups is 2. The molecule has 3 aromatic rings. The smallest absolute Gasteiger partial charge is 0.265 e. The Morgan fingerprint density at radius 2 is 1.26 bits per heavy atom. The first kappa shape index (κ1) is 22.1. The largest absolute Gasteiger partial charge is 0.481 e. The highest BCUT2D eigenvalue weighted by molar-refractivity contribution is 6.04. The third-order valence-corrected chi connectivity index (χ3v) is 5.07. The maximum absolute atomic E-state index is 12.5. The fraction of sp³-hybridized carbons (Fsp3) is 0.231. The molecule has 0 spiro atoms. The van der Waals surface area contributed by atoms with Crippen LogP contribution >= 0.6 is 0 Å². The average Bonchev–Trinajstić information content (AvgIpc) is 2.72. The first-order chi connectivity index (χ1) is 14.7. The van der Waals surface area contributed by atoms with Gasteiger partial charge in [0.2, 0.25) is 0 Å². The Labute approximate surface area is 183 Å². The van der Waals surface area contributed by atoms with Crippen molar-refractivity contribution < 1.29 is 14.3 Å². The van der Waals surface area contributed by atoms with Gasteiger partial charge in [-0.3, -0.25) is 9.59 Å². The summed E-state index contributed by atoms with van der Waals surface area (Å²) in [5.41, 5.74) is 6.36. The Morgan fingerprint density at radius 3 is 1.77 bits per heavy atom. The van der Waals surface area contributed by atoms with E-state index in [9.17, 15) is 9.59 Å². The van der Waals surface area contributed by atoms with Crippen LogP contribution in [0, 0.1) is 27.7 Å². The highest BCUT2D eigenvalue weighted by atomic mass is 16.5. The van der Waals surface area contributed by atoms with Gasteiger partial charge in [0, 0.05) is 16.9 Å². The summed E-state index contributed by atoms with van der Waals surface area (Å²) in [5.74, 6) is 0.0918.